The maximum absolute atomic E-state index is 9.14. The van der Waals surface area contributed by atoms with Crippen LogP contribution in [0.15, 0.2) is 45.4 Å². The Hall–Kier alpha value is -2.32. The first-order valence-electron chi connectivity index (χ1n) is 5.90. The second kappa shape index (κ2) is 4.99. The van der Waals surface area contributed by atoms with Crippen LogP contribution in [-0.4, -0.2) is 4.98 Å². The van der Waals surface area contributed by atoms with Gasteiger partial charge in [0.05, 0.1) is 5.39 Å². The predicted molar refractivity (Wildman–Crippen MR) is 77.7 cm³/mol. The molecule has 20 heavy (non-hydrogen) atoms. The van der Waals surface area contributed by atoms with E-state index >= 15 is 0 Å². The van der Waals surface area contributed by atoms with Gasteiger partial charge in [0.15, 0.2) is 5.75 Å². The Labute approximate surface area is 123 Å². The highest BCUT2D eigenvalue weighted by molar-refractivity contribution is 9.10. The molecule has 1 aromatic carbocycles. The molecule has 3 aromatic rings. The van der Waals surface area contributed by atoms with E-state index in [1.54, 1.807) is 18.3 Å². The van der Waals surface area contributed by atoms with Crippen LogP contribution in [0.5, 0.6) is 11.6 Å². The number of benzene rings is 1. The zero-order valence-corrected chi connectivity index (χ0v) is 12.1. The highest BCUT2D eigenvalue weighted by atomic mass is 79.9. The summed E-state index contributed by atoms with van der Waals surface area (Å²) < 4.78 is 12.1. The van der Waals surface area contributed by atoms with Gasteiger partial charge in [-0.15, -0.1) is 0 Å². The van der Waals surface area contributed by atoms with Crippen LogP contribution in [0.3, 0.4) is 0 Å². The van der Waals surface area contributed by atoms with E-state index in [0.717, 1.165) is 15.4 Å². The van der Waals surface area contributed by atoms with E-state index in [1.807, 2.05) is 31.2 Å². The molecule has 3 rings (SSSR count). The Balaban J connectivity index is 2.10. The second-order valence-corrected chi connectivity index (χ2v) is 5.10. The van der Waals surface area contributed by atoms with E-state index in [2.05, 4.69) is 20.9 Å². The van der Waals surface area contributed by atoms with Gasteiger partial charge < -0.3 is 9.15 Å². The van der Waals surface area contributed by atoms with Gasteiger partial charge in [-0.25, -0.2) is 4.98 Å². The van der Waals surface area contributed by atoms with Crippen molar-refractivity contribution in [3.05, 3.63) is 52.3 Å². The molecule has 0 N–H and O–H groups in total. The average molecular weight is 329 g/mol. The number of hydrogen-bond acceptors (Lipinski definition) is 4. The van der Waals surface area contributed by atoms with Crippen LogP contribution in [0.1, 0.15) is 11.3 Å². The van der Waals surface area contributed by atoms with E-state index in [0.29, 0.717) is 17.2 Å². The van der Waals surface area contributed by atoms with Crippen molar-refractivity contribution >= 4 is 26.9 Å². The summed E-state index contributed by atoms with van der Waals surface area (Å²) in [5.41, 5.74) is 1.62. The number of nitriles is 1. The lowest BCUT2D eigenvalue weighted by molar-refractivity contribution is 0.450. The average Bonchev–Trinajstić information content (AvgIpc) is 2.81. The fourth-order valence-electron chi connectivity index (χ4n) is 1.87. The summed E-state index contributed by atoms with van der Waals surface area (Å²) in [6.07, 6.45) is 1.67. The molecule has 0 saturated carbocycles. The number of para-hydroxylation sites is 1. The van der Waals surface area contributed by atoms with E-state index in [1.165, 1.54) is 0 Å². The predicted octanol–water partition coefficient (Wildman–Crippen LogP) is 4.56. The molecule has 0 fully saturated rings. The van der Waals surface area contributed by atoms with E-state index in [9.17, 15) is 0 Å². The molecule has 2 aromatic heterocycles. The van der Waals surface area contributed by atoms with Gasteiger partial charge in [0.25, 0.3) is 0 Å². The number of furan rings is 1. The Morgan fingerprint density at radius 2 is 2.15 bits per heavy atom. The summed E-state index contributed by atoms with van der Waals surface area (Å²) in [4.78, 5) is 4.18. The Bertz CT molecular complexity index is 833. The van der Waals surface area contributed by atoms with Crippen LogP contribution in [0, 0.1) is 18.3 Å². The molecule has 0 unspecified atom stereocenters. The lowest BCUT2D eigenvalue weighted by Crippen LogP contribution is -1.90. The summed E-state index contributed by atoms with van der Waals surface area (Å²) >= 11 is 3.39. The largest absolute Gasteiger partial charge is 0.442 e. The normalized spacial score (nSPS) is 10.4. The molecule has 0 radical (unpaired) electrons. The lowest BCUT2D eigenvalue weighted by atomic mass is 10.2. The fraction of sp³-hybridized carbons (Fsp3) is 0.0667. The minimum Gasteiger partial charge on any atom is -0.442 e. The molecule has 4 nitrogen and oxygen atoms in total. The third-order valence-electron chi connectivity index (χ3n) is 2.88. The zero-order chi connectivity index (χ0) is 14.1. The van der Waals surface area contributed by atoms with Gasteiger partial charge in [0, 0.05) is 16.7 Å². The van der Waals surface area contributed by atoms with Crippen molar-refractivity contribution in [1.82, 2.24) is 4.98 Å². The van der Waals surface area contributed by atoms with Crippen molar-refractivity contribution in [2.24, 2.45) is 0 Å². The quantitative estimate of drug-likeness (QED) is 0.691. The number of rotatable bonds is 2. The summed E-state index contributed by atoms with van der Waals surface area (Å²) in [6.45, 7) is 1.94. The molecule has 0 aliphatic carbocycles. The maximum Gasteiger partial charge on any atom is 0.247 e. The van der Waals surface area contributed by atoms with E-state index in [4.69, 9.17) is 14.4 Å². The van der Waals surface area contributed by atoms with Crippen molar-refractivity contribution in [2.75, 3.05) is 0 Å². The number of fused-ring (bicyclic) bond motifs is 1. The number of aryl methyl sites for hydroxylation is 1. The summed E-state index contributed by atoms with van der Waals surface area (Å²) in [6, 6.07) is 11.2. The molecular weight excluding hydrogens is 320 g/mol. The number of pyridine rings is 1. The molecule has 0 amide bonds. The molecule has 0 bridgehead atoms. The van der Waals surface area contributed by atoms with Gasteiger partial charge in [0.1, 0.15) is 11.7 Å². The molecule has 2 heterocycles. The first-order chi connectivity index (χ1) is 9.69. The third kappa shape index (κ3) is 2.15. The SMILES string of the molecule is Cc1cc(Oc2c(C#N)oc3ccccc23)ncc1Br. The molecular formula is C15H9BrN2O2. The smallest absolute Gasteiger partial charge is 0.247 e. The van der Waals surface area contributed by atoms with Gasteiger partial charge in [-0.2, -0.15) is 5.26 Å². The molecule has 0 spiro atoms. The maximum atomic E-state index is 9.14. The first kappa shape index (κ1) is 12.7. The van der Waals surface area contributed by atoms with Crippen molar-refractivity contribution in [2.45, 2.75) is 6.92 Å². The minimum absolute atomic E-state index is 0.147. The van der Waals surface area contributed by atoms with Gasteiger partial charge in [-0.3, -0.25) is 0 Å². The van der Waals surface area contributed by atoms with E-state index in [-0.39, 0.29) is 5.76 Å². The van der Waals surface area contributed by atoms with Gasteiger partial charge in [-0.1, -0.05) is 12.1 Å². The molecule has 0 aliphatic heterocycles. The van der Waals surface area contributed by atoms with Crippen LogP contribution in [0.25, 0.3) is 11.0 Å². The second-order valence-electron chi connectivity index (χ2n) is 4.24. The third-order valence-corrected chi connectivity index (χ3v) is 3.71. The number of ether oxygens (including phenoxy) is 1. The van der Waals surface area contributed by atoms with E-state index < -0.39 is 0 Å². The summed E-state index contributed by atoms with van der Waals surface area (Å²) in [5.74, 6) is 0.972. The van der Waals surface area contributed by atoms with Crippen molar-refractivity contribution in [1.29, 1.82) is 5.26 Å². The summed E-state index contributed by atoms with van der Waals surface area (Å²) in [7, 11) is 0. The highest BCUT2D eigenvalue weighted by Gasteiger charge is 2.16. The highest BCUT2D eigenvalue weighted by Crippen LogP contribution is 2.35. The molecule has 0 aliphatic rings. The fourth-order valence-corrected chi connectivity index (χ4v) is 2.09. The number of aromatic nitrogens is 1. The topological polar surface area (TPSA) is 59.0 Å². The van der Waals surface area contributed by atoms with Crippen LogP contribution in [0.4, 0.5) is 0 Å². The Morgan fingerprint density at radius 1 is 1.35 bits per heavy atom. The summed E-state index contributed by atoms with van der Waals surface area (Å²) in [5, 5.41) is 9.90. The van der Waals surface area contributed by atoms with Crippen LogP contribution >= 0.6 is 15.9 Å². The van der Waals surface area contributed by atoms with Gasteiger partial charge in [0.2, 0.25) is 11.6 Å². The standard InChI is InChI=1S/C15H9BrN2O2/c1-9-6-14(18-8-11(9)16)20-15-10-4-2-3-5-12(10)19-13(15)7-17/h2-6,8H,1H3. The molecule has 0 saturated heterocycles. The number of nitrogens with zero attached hydrogens (tertiary/aromatic N) is 2. The monoisotopic (exact) mass is 328 g/mol. The van der Waals surface area contributed by atoms with Crippen molar-refractivity contribution in [3.8, 4) is 17.7 Å². The van der Waals surface area contributed by atoms with Gasteiger partial charge >= 0.3 is 0 Å². The van der Waals surface area contributed by atoms with Crippen LogP contribution in [0.2, 0.25) is 0 Å². The number of halogens is 1. The zero-order valence-electron chi connectivity index (χ0n) is 10.6. The van der Waals surface area contributed by atoms with Crippen LogP contribution < -0.4 is 4.74 Å². The molecule has 0 atom stereocenters. The number of hydrogen-bond donors (Lipinski definition) is 0. The Kier molecular flexibility index (Phi) is 3.17. The van der Waals surface area contributed by atoms with Crippen LogP contribution in [-0.2, 0) is 0 Å². The van der Waals surface area contributed by atoms with Gasteiger partial charge in [-0.05, 0) is 40.5 Å². The molecule has 98 valence electrons. The van der Waals surface area contributed by atoms with Crippen molar-refractivity contribution in [3.63, 3.8) is 0 Å². The molecule has 5 heteroatoms. The lowest BCUT2D eigenvalue weighted by Gasteiger charge is -2.04. The first-order valence-corrected chi connectivity index (χ1v) is 6.70. The minimum atomic E-state index is 0.147. The van der Waals surface area contributed by atoms with Crippen molar-refractivity contribution < 1.29 is 9.15 Å². The Morgan fingerprint density at radius 3 is 2.90 bits per heavy atom.